The van der Waals surface area contributed by atoms with Crippen molar-refractivity contribution in [2.45, 2.75) is 25.8 Å². The topological polar surface area (TPSA) is 61.0 Å². The SMILES string of the molecule is COc1ccccc1Cc1ncc(CC(C)N)cn1. The third-order valence-corrected chi connectivity index (χ3v) is 2.86. The Morgan fingerprint density at radius 2 is 1.89 bits per heavy atom. The second-order valence-corrected chi connectivity index (χ2v) is 4.68. The zero-order chi connectivity index (χ0) is 13.7. The molecule has 0 aliphatic carbocycles. The fourth-order valence-corrected chi connectivity index (χ4v) is 1.97. The normalized spacial score (nSPS) is 12.2. The van der Waals surface area contributed by atoms with Gasteiger partial charge in [-0.25, -0.2) is 9.97 Å². The molecule has 1 unspecified atom stereocenters. The van der Waals surface area contributed by atoms with Crippen LogP contribution in [0.4, 0.5) is 0 Å². The molecule has 0 saturated carbocycles. The first-order valence-electron chi connectivity index (χ1n) is 6.36. The van der Waals surface area contributed by atoms with Crippen LogP contribution in [0, 0.1) is 0 Å². The summed E-state index contributed by atoms with van der Waals surface area (Å²) in [4.78, 5) is 8.76. The Balaban J connectivity index is 2.11. The van der Waals surface area contributed by atoms with Crippen molar-refractivity contribution >= 4 is 0 Å². The van der Waals surface area contributed by atoms with Crippen LogP contribution in [0.5, 0.6) is 5.75 Å². The molecular formula is C15H19N3O. The molecule has 0 spiro atoms. The van der Waals surface area contributed by atoms with Crippen LogP contribution >= 0.6 is 0 Å². The molecule has 1 aromatic heterocycles. The van der Waals surface area contributed by atoms with E-state index in [4.69, 9.17) is 10.5 Å². The summed E-state index contributed by atoms with van der Waals surface area (Å²) in [6, 6.07) is 8.04. The van der Waals surface area contributed by atoms with Crippen molar-refractivity contribution in [3.63, 3.8) is 0 Å². The van der Waals surface area contributed by atoms with E-state index < -0.39 is 0 Å². The molecule has 0 fully saturated rings. The van der Waals surface area contributed by atoms with Gasteiger partial charge in [-0.2, -0.15) is 0 Å². The second kappa shape index (κ2) is 6.29. The molecule has 4 nitrogen and oxygen atoms in total. The summed E-state index contributed by atoms with van der Waals surface area (Å²) < 4.78 is 5.32. The number of nitrogens with zero attached hydrogens (tertiary/aromatic N) is 2. The number of hydrogen-bond acceptors (Lipinski definition) is 4. The van der Waals surface area contributed by atoms with Gasteiger partial charge in [0, 0.05) is 30.4 Å². The predicted octanol–water partition coefficient (Wildman–Crippen LogP) is 1.97. The first-order chi connectivity index (χ1) is 9.19. The first-order valence-corrected chi connectivity index (χ1v) is 6.36. The van der Waals surface area contributed by atoms with Gasteiger partial charge in [-0.1, -0.05) is 18.2 Å². The molecule has 2 aromatic rings. The van der Waals surface area contributed by atoms with Crippen molar-refractivity contribution < 1.29 is 4.74 Å². The highest BCUT2D eigenvalue weighted by Crippen LogP contribution is 2.19. The van der Waals surface area contributed by atoms with Crippen LogP contribution in [-0.2, 0) is 12.8 Å². The van der Waals surface area contributed by atoms with Gasteiger partial charge >= 0.3 is 0 Å². The Bertz CT molecular complexity index is 523. The lowest BCUT2D eigenvalue weighted by molar-refractivity contribution is 0.410. The summed E-state index contributed by atoms with van der Waals surface area (Å²) in [6.45, 7) is 1.97. The van der Waals surface area contributed by atoms with Crippen molar-refractivity contribution in [3.8, 4) is 5.75 Å². The number of nitrogens with two attached hydrogens (primary N) is 1. The smallest absolute Gasteiger partial charge is 0.132 e. The quantitative estimate of drug-likeness (QED) is 0.889. The van der Waals surface area contributed by atoms with Gasteiger partial charge in [0.2, 0.25) is 0 Å². The minimum atomic E-state index is 0.128. The van der Waals surface area contributed by atoms with E-state index in [0.29, 0.717) is 6.42 Å². The van der Waals surface area contributed by atoms with Gasteiger partial charge in [0.1, 0.15) is 11.6 Å². The molecular weight excluding hydrogens is 238 g/mol. The van der Waals surface area contributed by atoms with E-state index in [-0.39, 0.29) is 6.04 Å². The minimum absolute atomic E-state index is 0.128. The fraction of sp³-hybridized carbons (Fsp3) is 0.333. The molecule has 4 heteroatoms. The van der Waals surface area contributed by atoms with Crippen LogP contribution in [0.2, 0.25) is 0 Å². The molecule has 2 N–H and O–H groups in total. The van der Waals surface area contributed by atoms with Gasteiger partial charge in [-0.3, -0.25) is 0 Å². The Hall–Kier alpha value is -1.94. The lowest BCUT2D eigenvalue weighted by Crippen LogP contribution is -2.18. The monoisotopic (exact) mass is 257 g/mol. The highest BCUT2D eigenvalue weighted by atomic mass is 16.5. The zero-order valence-corrected chi connectivity index (χ0v) is 11.3. The van der Waals surface area contributed by atoms with Gasteiger partial charge in [-0.05, 0) is 25.0 Å². The molecule has 0 radical (unpaired) electrons. The summed E-state index contributed by atoms with van der Waals surface area (Å²) >= 11 is 0. The van der Waals surface area contributed by atoms with Gasteiger partial charge in [0.05, 0.1) is 7.11 Å². The molecule has 0 aliphatic rings. The summed E-state index contributed by atoms with van der Waals surface area (Å²) in [7, 11) is 1.67. The van der Waals surface area contributed by atoms with E-state index in [2.05, 4.69) is 9.97 Å². The van der Waals surface area contributed by atoms with E-state index in [9.17, 15) is 0 Å². The Kier molecular flexibility index (Phi) is 4.47. The molecule has 19 heavy (non-hydrogen) atoms. The maximum absolute atomic E-state index is 5.75. The van der Waals surface area contributed by atoms with E-state index in [0.717, 1.165) is 29.1 Å². The number of hydrogen-bond donors (Lipinski definition) is 1. The fourth-order valence-electron chi connectivity index (χ4n) is 1.97. The third kappa shape index (κ3) is 3.76. The highest BCUT2D eigenvalue weighted by molar-refractivity contribution is 5.35. The molecule has 0 amide bonds. The average molecular weight is 257 g/mol. The average Bonchev–Trinajstić information content (AvgIpc) is 2.41. The van der Waals surface area contributed by atoms with E-state index >= 15 is 0 Å². The van der Waals surface area contributed by atoms with Gasteiger partial charge in [0.25, 0.3) is 0 Å². The summed E-state index contributed by atoms with van der Waals surface area (Å²) in [5.41, 5.74) is 7.91. The molecule has 1 aromatic carbocycles. The van der Waals surface area contributed by atoms with Gasteiger partial charge in [-0.15, -0.1) is 0 Å². The Morgan fingerprint density at radius 3 is 2.53 bits per heavy atom. The lowest BCUT2D eigenvalue weighted by atomic mass is 10.1. The van der Waals surface area contributed by atoms with Crippen LogP contribution in [0.25, 0.3) is 0 Å². The van der Waals surface area contributed by atoms with Crippen molar-refractivity contribution in [2.24, 2.45) is 5.73 Å². The largest absolute Gasteiger partial charge is 0.496 e. The number of ether oxygens (including phenoxy) is 1. The molecule has 1 atom stereocenters. The number of aromatic nitrogens is 2. The van der Waals surface area contributed by atoms with Gasteiger partial charge < -0.3 is 10.5 Å². The maximum atomic E-state index is 5.75. The van der Waals surface area contributed by atoms with E-state index in [1.807, 2.05) is 43.6 Å². The minimum Gasteiger partial charge on any atom is -0.496 e. The lowest BCUT2D eigenvalue weighted by Gasteiger charge is -2.08. The molecule has 2 rings (SSSR count). The molecule has 0 aliphatic heterocycles. The molecule has 0 saturated heterocycles. The van der Waals surface area contributed by atoms with E-state index in [1.54, 1.807) is 7.11 Å². The number of para-hydroxylation sites is 1. The third-order valence-electron chi connectivity index (χ3n) is 2.86. The number of benzene rings is 1. The van der Waals surface area contributed by atoms with Crippen LogP contribution < -0.4 is 10.5 Å². The van der Waals surface area contributed by atoms with E-state index in [1.165, 1.54) is 0 Å². The van der Waals surface area contributed by atoms with Crippen molar-refractivity contribution in [2.75, 3.05) is 7.11 Å². The predicted molar refractivity (Wildman–Crippen MR) is 75.2 cm³/mol. The molecule has 1 heterocycles. The summed E-state index contributed by atoms with van der Waals surface area (Å²) in [6.07, 6.45) is 5.17. The summed E-state index contributed by atoms with van der Waals surface area (Å²) in [5, 5.41) is 0. The Labute approximate surface area is 113 Å². The van der Waals surface area contributed by atoms with Crippen molar-refractivity contribution in [1.82, 2.24) is 9.97 Å². The standard InChI is InChI=1S/C15H19N3O/c1-11(16)7-12-9-17-15(18-10-12)8-13-5-3-4-6-14(13)19-2/h3-6,9-11H,7-8,16H2,1-2H3. The van der Waals surface area contributed by atoms with Crippen LogP contribution in [0.15, 0.2) is 36.7 Å². The first kappa shape index (κ1) is 13.5. The zero-order valence-electron chi connectivity index (χ0n) is 11.3. The van der Waals surface area contributed by atoms with Crippen molar-refractivity contribution in [1.29, 1.82) is 0 Å². The van der Waals surface area contributed by atoms with Crippen LogP contribution in [-0.4, -0.2) is 23.1 Å². The molecule has 100 valence electrons. The maximum Gasteiger partial charge on any atom is 0.132 e. The van der Waals surface area contributed by atoms with Crippen molar-refractivity contribution in [3.05, 3.63) is 53.6 Å². The Morgan fingerprint density at radius 1 is 1.21 bits per heavy atom. The number of rotatable bonds is 5. The highest BCUT2D eigenvalue weighted by Gasteiger charge is 2.06. The summed E-state index contributed by atoms with van der Waals surface area (Å²) in [5.74, 6) is 1.66. The van der Waals surface area contributed by atoms with Crippen LogP contribution in [0.3, 0.4) is 0 Å². The van der Waals surface area contributed by atoms with Gasteiger partial charge in [0.15, 0.2) is 0 Å². The van der Waals surface area contributed by atoms with Crippen LogP contribution in [0.1, 0.15) is 23.9 Å². The number of methoxy groups -OCH3 is 1. The molecule has 0 bridgehead atoms. The second-order valence-electron chi connectivity index (χ2n) is 4.68.